The monoisotopic (exact) mass is 288 g/mol. The lowest BCUT2D eigenvalue weighted by atomic mass is 10.2. The zero-order valence-corrected chi connectivity index (χ0v) is 10.8. The number of aromatic nitrogens is 2. The molecule has 0 aliphatic carbocycles. The molecule has 1 aromatic heterocycles. The lowest BCUT2D eigenvalue weighted by Gasteiger charge is -2.04. The van der Waals surface area contributed by atoms with Crippen LogP contribution in [0.25, 0.3) is 12.2 Å². The van der Waals surface area contributed by atoms with Crippen molar-refractivity contribution in [3.8, 4) is 11.6 Å². The Morgan fingerprint density at radius 1 is 1.29 bits per heavy atom. The first-order valence-electron chi connectivity index (χ1n) is 5.97. The first kappa shape index (κ1) is 14.3. The van der Waals surface area contributed by atoms with Gasteiger partial charge < -0.3 is 19.9 Å². The van der Waals surface area contributed by atoms with Crippen LogP contribution in [0.15, 0.2) is 35.1 Å². The van der Waals surface area contributed by atoms with E-state index in [2.05, 4.69) is 14.7 Å². The van der Waals surface area contributed by atoms with Gasteiger partial charge in [-0.1, -0.05) is 36.4 Å². The van der Waals surface area contributed by atoms with Crippen LogP contribution in [0.4, 0.5) is 0 Å². The van der Waals surface area contributed by atoms with Crippen molar-refractivity contribution >= 4 is 18.1 Å². The van der Waals surface area contributed by atoms with Crippen LogP contribution in [-0.2, 0) is 4.79 Å². The summed E-state index contributed by atoms with van der Waals surface area (Å²) in [5, 5.41) is 18.1. The number of ether oxygens (including phenoxy) is 1. The summed E-state index contributed by atoms with van der Waals surface area (Å²) in [5.41, 5.74) is 0.141. The van der Waals surface area contributed by atoms with E-state index in [1.165, 1.54) is 6.08 Å². The van der Waals surface area contributed by atoms with Gasteiger partial charge in [-0.15, -0.1) is 0 Å². The van der Waals surface area contributed by atoms with Crippen molar-refractivity contribution in [2.75, 3.05) is 6.61 Å². The van der Waals surface area contributed by atoms with Gasteiger partial charge in [0.15, 0.2) is 6.61 Å². The highest BCUT2D eigenvalue weighted by molar-refractivity contribution is 5.69. The third kappa shape index (κ3) is 3.93. The summed E-state index contributed by atoms with van der Waals surface area (Å²) in [6.45, 7) is -0.739. The van der Waals surface area contributed by atoms with Gasteiger partial charge in [-0.3, -0.25) is 4.79 Å². The van der Waals surface area contributed by atoms with Crippen LogP contribution in [0.3, 0.4) is 0 Å². The topological polar surface area (TPSA) is 113 Å². The molecule has 108 valence electrons. The number of carboxylic acids is 1. The van der Waals surface area contributed by atoms with Gasteiger partial charge in [0, 0.05) is 0 Å². The second kappa shape index (κ2) is 6.38. The molecule has 0 unspecified atom stereocenters. The number of hydrogen-bond acceptors (Lipinski definition) is 5. The molecule has 0 saturated heterocycles. The fraction of sp³-hybridized carbons (Fsp3) is 0.0714. The van der Waals surface area contributed by atoms with E-state index in [0.29, 0.717) is 0 Å². The van der Waals surface area contributed by atoms with Crippen molar-refractivity contribution in [1.82, 2.24) is 9.97 Å². The first-order valence-corrected chi connectivity index (χ1v) is 5.97. The van der Waals surface area contributed by atoms with Crippen molar-refractivity contribution in [3.63, 3.8) is 0 Å². The van der Waals surface area contributed by atoms with Crippen molar-refractivity contribution in [3.05, 3.63) is 52.1 Å². The normalized spacial score (nSPS) is 10.7. The summed E-state index contributed by atoms with van der Waals surface area (Å²) in [6.07, 6.45) is 3.22. The molecule has 7 nitrogen and oxygen atoms in total. The average molecular weight is 288 g/mol. The van der Waals surface area contributed by atoms with Gasteiger partial charge in [0.1, 0.15) is 5.82 Å². The number of aliphatic carboxylic acids is 1. The molecule has 0 aliphatic heterocycles. The van der Waals surface area contributed by atoms with Crippen LogP contribution in [0.2, 0.25) is 0 Å². The number of nitrogens with one attached hydrogen (secondary N) is 1. The number of carboxylic acid groups (broad SMARTS) is 1. The van der Waals surface area contributed by atoms with E-state index >= 15 is 0 Å². The number of carbonyl (C=O) groups is 1. The second-order valence-corrected chi connectivity index (χ2v) is 4.03. The highest BCUT2D eigenvalue weighted by Crippen LogP contribution is 2.17. The highest BCUT2D eigenvalue weighted by atomic mass is 16.5. The quantitative estimate of drug-likeness (QED) is 0.759. The van der Waals surface area contributed by atoms with Gasteiger partial charge in [-0.2, -0.15) is 4.98 Å². The van der Waals surface area contributed by atoms with E-state index in [4.69, 9.17) is 5.11 Å². The molecular weight excluding hydrogens is 276 g/mol. The number of aromatic amines is 1. The van der Waals surface area contributed by atoms with Crippen LogP contribution in [0.1, 0.15) is 11.4 Å². The molecule has 1 heterocycles. The van der Waals surface area contributed by atoms with Crippen LogP contribution >= 0.6 is 0 Å². The van der Waals surface area contributed by atoms with Crippen molar-refractivity contribution in [2.24, 2.45) is 0 Å². The first-order chi connectivity index (χ1) is 10.1. The van der Waals surface area contributed by atoms with E-state index in [9.17, 15) is 14.7 Å². The smallest absolute Gasteiger partial charge is 0.341 e. The number of H-pyrrole nitrogens is 1. The fourth-order valence-electron chi connectivity index (χ4n) is 1.55. The van der Waals surface area contributed by atoms with E-state index in [-0.39, 0.29) is 5.82 Å². The minimum Gasteiger partial charge on any atom is -0.490 e. The summed E-state index contributed by atoms with van der Waals surface area (Å²) in [7, 11) is 0. The fourth-order valence-corrected chi connectivity index (χ4v) is 1.55. The number of rotatable bonds is 5. The van der Waals surface area contributed by atoms with Gasteiger partial charge in [-0.05, 0) is 11.6 Å². The predicted molar refractivity (Wildman–Crippen MR) is 75.0 cm³/mol. The Morgan fingerprint density at radius 2 is 2.00 bits per heavy atom. The maximum atomic E-state index is 11.7. The largest absolute Gasteiger partial charge is 0.490 e. The van der Waals surface area contributed by atoms with Crippen molar-refractivity contribution < 1.29 is 19.7 Å². The highest BCUT2D eigenvalue weighted by Gasteiger charge is 2.12. The number of aromatic hydroxyl groups is 1. The number of hydrogen-bond donors (Lipinski definition) is 3. The van der Waals surface area contributed by atoms with Gasteiger partial charge >= 0.3 is 5.97 Å². The minimum atomic E-state index is -1.26. The molecular formula is C14H12N2O5. The zero-order valence-electron chi connectivity index (χ0n) is 10.8. The summed E-state index contributed by atoms with van der Waals surface area (Å²) in [5.74, 6) is -2.31. The van der Waals surface area contributed by atoms with Crippen LogP contribution in [0.5, 0.6) is 11.6 Å². The van der Waals surface area contributed by atoms with Crippen LogP contribution in [-0.4, -0.2) is 32.8 Å². The third-order valence-electron chi connectivity index (χ3n) is 2.45. The summed E-state index contributed by atoms with van der Waals surface area (Å²) in [4.78, 5) is 28.1. The van der Waals surface area contributed by atoms with E-state index < -0.39 is 29.8 Å². The molecule has 0 aliphatic rings. The molecule has 0 fully saturated rings. The maximum Gasteiger partial charge on any atom is 0.341 e. The Morgan fingerprint density at radius 3 is 2.62 bits per heavy atom. The average Bonchev–Trinajstić information content (AvgIpc) is 2.45. The summed E-state index contributed by atoms with van der Waals surface area (Å²) < 4.78 is 4.67. The van der Waals surface area contributed by atoms with Gasteiger partial charge in [0.2, 0.25) is 5.75 Å². The zero-order chi connectivity index (χ0) is 15.2. The SMILES string of the molecule is O=C(O)COc1c(O)nc(C=Cc2ccccc2)[nH]c1=O. The van der Waals surface area contributed by atoms with E-state index in [0.717, 1.165) is 5.56 Å². The molecule has 0 amide bonds. The Kier molecular flexibility index (Phi) is 4.35. The molecule has 1 aromatic carbocycles. The Bertz CT molecular complexity index is 722. The van der Waals surface area contributed by atoms with Gasteiger partial charge in [0.05, 0.1) is 0 Å². The van der Waals surface area contributed by atoms with E-state index in [1.54, 1.807) is 6.08 Å². The predicted octanol–water partition coefficient (Wildman–Crippen LogP) is 1.11. The van der Waals surface area contributed by atoms with Gasteiger partial charge in [0.25, 0.3) is 11.4 Å². The summed E-state index contributed by atoms with van der Waals surface area (Å²) in [6, 6.07) is 9.31. The van der Waals surface area contributed by atoms with Crippen LogP contribution in [0, 0.1) is 0 Å². The molecule has 0 bridgehead atoms. The molecule has 3 N–H and O–H groups in total. The maximum absolute atomic E-state index is 11.7. The Labute approximate surface area is 119 Å². The summed E-state index contributed by atoms with van der Waals surface area (Å²) >= 11 is 0. The Balaban J connectivity index is 2.22. The molecule has 0 saturated carbocycles. The lowest BCUT2D eigenvalue weighted by molar-refractivity contribution is -0.139. The number of benzene rings is 1. The molecule has 7 heteroatoms. The molecule has 0 spiro atoms. The minimum absolute atomic E-state index is 0.129. The molecule has 21 heavy (non-hydrogen) atoms. The second-order valence-electron chi connectivity index (χ2n) is 4.03. The van der Waals surface area contributed by atoms with Gasteiger partial charge in [-0.25, -0.2) is 4.79 Å². The number of nitrogens with zero attached hydrogens (tertiary/aromatic N) is 1. The molecule has 2 aromatic rings. The third-order valence-corrected chi connectivity index (χ3v) is 2.45. The van der Waals surface area contributed by atoms with Crippen molar-refractivity contribution in [1.29, 1.82) is 0 Å². The Hall–Kier alpha value is -3.09. The van der Waals surface area contributed by atoms with Crippen LogP contribution < -0.4 is 10.3 Å². The van der Waals surface area contributed by atoms with Crippen molar-refractivity contribution in [2.45, 2.75) is 0 Å². The molecule has 0 radical (unpaired) electrons. The van der Waals surface area contributed by atoms with E-state index in [1.807, 2.05) is 30.3 Å². The standard InChI is InChI=1S/C14H12N2O5/c17-11(18)8-21-12-13(19)15-10(16-14(12)20)7-6-9-4-2-1-3-5-9/h1-7H,8H2,(H,17,18)(H2,15,16,19,20). The molecule has 0 atom stereocenters. The molecule has 2 rings (SSSR count). The lowest BCUT2D eigenvalue weighted by Crippen LogP contribution is -2.18.